The van der Waals surface area contributed by atoms with Crippen molar-refractivity contribution < 1.29 is 60.9 Å². The van der Waals surface area contributed by atoms with Crippen LogP contribution in [0.1, 0.15) is 116 Å². The molecule has 3 atom stereocenters. The quantitative estimate of drug-likeness (QED) is 0.0322. The Labute approximate surface area is 606 Å². The number of ether oxygens (including phenoxy) is 6. The zero-order valence-corrected chi connectivity index (χ0v) is 61.6. The van der Waals surface area contributed by atoms with Gasteiger partial charge in [0, 0.05) is 110 Å². The van der Waals surface area contributed by atoms with Gasteiger partial charge in [-0.1, -0.05) is 77.9 Å². The van der Waals surface area contributed by atoms with Crippen LogP contribution < -0.4 is 44.9 Å². The van der Waals surface area contributed by atoms with Crippen LogP contribution in [-0.2, 0) is 85.3 Å². The summed E-state index contributed by atoms with van der Waals surface area (Å²) in [5.74, 6) is 2.18. The molecule has 12 rings (SSSR count). The van der Waals surface area contributed by atoms with Crippen molar-refractivity contribution in [3.63, 3.8) is 0 Å². The van der Waals surface area contributed by atoms with Gasteiger partial charge >= 0.3 is 7.82 Å². The molecule has 9 aromatic rings. The number of aryl methyl sites for hydroxylation is 6. The van der Waals surface area contributed by atoms with Gasteiger partial charge in [0.1, 0.15) is 90.3 Å². The summed E-state index contributed by atoms with van der Waals surface area (Å²) in [5, 5.41) is 12.3. The average molecular weight is 1440 g/mol. The number of benzene rings is 6. The van der Waals surface area contributed by atoms with Gasteiger partial charge in [-0.25, -0.2) is 34.5 Å². The third-order valence-electron chi connectivity index (χ3n) is 18.5. The third-order valence-corrected chi connectivity index (χ3v) is 19.9. The zero-order valence-electron chi connectivity index (χ0n) is 60.8. The molecule has 3 aliphatic rings. The van der Waals surface area contributed by atoms with Crippen molar-refractivity contribution >= 4 is 110 Å². The molecule has 3 saturated heterocycles. The van der Waals surface area contributed by atoms with Crippen molar-refractivity contribution in [2.75, 3.05) is 110 Å². The van der Waals surface area contributed by atoms with E-state index in [2.05, 4.69) is 73.1 Å². The van der Waals surface area contributed by atoms with Crippen LogP contribution in [0.25, 0.3) is 32.7 Å². The molecule has 25 nitrogen and oxygen atoms in total. The van der Waals surface area contributed by atoms with E-state index in [-0.39, 0.29) is 37.9 Å². The van der Waals surface area contributed by atoms with Gasteiger partial charge in [0.2, 0.25) is 0 Å². The third kappa shape index (κ3) is 17.7. The molecule has 0 saturated carbocycles. The van der Waals surface area contributed by atoms with E-state index in [0.29, 0.717) is 180 Å². The van der Waals surface area contributed by atoms with Crippen LogP contribution in [0.4, 0.5) is 51.6 Å². The molecule has 0 aliphatic carbocycles. The van der Waals surface area contributed by atoms with E-state index in [4.69, 9.17) is 71.9 Å². The number of rotatable bonds is 33. The van der Waals surface area contributed by atoms with Gasteiger partial charge in [-0.3, -0.25) is 28.0 Å². The van der Waals surface area contributed by atoms with Crippen molar-refractivity contribution in [2.45, 2.75) is 138 Å². The fourth-order valence-electron chi connectivity index (χ4n) is 12.8. The van der Waals surface area contributed by atoms with E-state index in [9.17, 15) is 0 Å². The highest BCUT2D eigenvalue weighted by Gasteiger charge is 2.36. The first-order valence-electron chi connectivity index (χ1n) is 36.4. The number of aromatic nitrogens is 6. The molecule has 6 heterocycles. The zero-order chi connectivity index (χ0) is 72.9. The van der Waals surface area contributed by atoms with Crippen LogP contribution >= 0.6 is 7.82 Å². The Morgan fingerprint density at radius 3 is 0.962 bits per heavy atom. The molecule has 104 heavy (non-hydrogen) atoms. The Morgan fingerprint density at radius 1 is 0.413 bits per heavy atom. The molecular formula is C78H93N12O13P. The monoisotopic (exact) mass is 1440 g/mol. The lowest BCUT2D eigenvalue weighted by Crippen LogP contribution is -2.36. The maximum absolute atomic E-state index is 15.9. The number of nitrogens with one attached hydrogen (secondary N) is 3. The van der Waals surface area contributed by atoms with E-state index in [1.165, 1.54) is 14.7 Å². The molecule has 3 N–H and O–H groups in total. The lowest BCUT2D eigenvalue weighted by atomic mass is 10.1. The van der Waals surface area contributed by atoms with Crippen LogP contribution in [0, 0.1) is 0 Å². The van der Waals surface area contributed by atoms with E-state index in [1.54, 1.807) is 57.2 Å². The number of phosphoric acid groups is 1. The molecule has 3 fully saturated rings. The molecule has 3 aliphatic heterocycles. The number of carbonyl (C=O) groups excluding carboxylic acids is 3. The minimum Gasteiger partial charge on any atom is -0.486 e. The van der Waals surface area contributed by atoms with Crippen LogP contribution in [0.5, 0.6) is 17.2 Å². The Morgan fingerprint density at radius 2 is 0.712 bits per heavy atom. The number of hydrogen-bond acceptors (Lipinski definition) is 22. The number of fused-ring (bicyclic) bond motifs is 3. The number of anilines is 9. The SMILES string of the molecule is CCc1cccc(Nc2nc(CC)nc3cc(O[C@H]4CCOC4)c(N(CC)C(=O)COP(=O)(OCC(=O)N(CC)c4cc5c(Nc6cccc(CC)c6)nc(CC)nc5cc4O[C@H]4CCOC4)OCC(=O)N(CC)c4cc5c(Nc6cccc(CC)c6)nc(CC)nc5cc4O[C@H]4CCOC4)cc23)c1. The van der Waals surface area contributed by atoms with Gasteiger partial charge < -0.3 is 59.1 Å². The number of phosphoric ester groups is 1. The lowest BCUT2D eigenvalue weighted by Gasteiger charge is -2.28. The fourth-order valence-corrected chi connectivity index (χ4v) is 13.8. The predicted molar refractivity (Wildman–Crippen MR) is 403 cm³/mol. The number of hydrogen-bond donors (Lipinski definition) is 3. The summed E-state index contributed by atoms with van der Waals surface area (Å²) in [7, 11) is -5.20. The Balaban J connectivity index is 0.900. The van der Waals surface area contributed by atoms with Crippen molar-refractivity contribution in [1.82, 2.24) is 29.9 Å². The Kier molecular flexibility index (Phi) is 24.6. The largest absolute Gasteiger partial charge is 0.486 e. The first-order chi connectivity index (χ1) is 50.6. The molecule has 0 bridgehead atoms. The fraction of sp³-hybridized carbons (Fsp3) is 0.423. The highest BCUT2D eigenvalue weighted by molar-refractivity contribution is 7.48. The van der Waals surface area contributed by atoms with Gasteiger partial charge in [-0.2, -0.15) is 0 Å². The number of amides is 3. The standard InChI is InChI=1S/C78H93N12O13P/c1-10-49-22-19-25-52(34-49)79-76-58-37-64(67(101-55-28-31-95-43-55)40-61(58)82-70(13-4)85-76)88(16-7)73(91)46-98-104(94,99-47-74(92)89(17-8)65-38-59-62(41-68(65)102-56-29-32-96-44-56)83-71(14-5)86-77(59)80-53-26-20-23-50(11-2)35-53)100-48-75(93)90(18-9)66-39-60-63(42-69(66)103-57-30-33-97-45-57)84-72(15-6)87-78(60)81-54-27-21-24-51(12-3)36-54/h19-27,34-42,55-57H,10-18,28-33,43-48H2,1-9H3,(H,79,82,85)(H,80,83,86)(H,81,84,87)/t55-,56-,57-/m0/s1. The second-order valence-corrected chi connectivity index (χ2v) is 27.2. The Hall–Kier alpha value is -9.46. The predicted octanol–water partition coefficient (Wildman–Crippen LogP) is 14.2. The number of carbonyl (C=O) groups is 3. The van der Waals surface area contributed by atoms with Crippen molar-refractivity contribution in [2.24, 2.45) is 0 Å². The first kappa shape index (κ1) is 74.3. The van der Waals surface area contributed by atoms with E-state index < -0.39 is 45.4 Å². The summed E-state index contributed by atoms with van der Waals surface area (Å²) in [6.45, 7) is 17.4. The van der Waals surface area contributed by atoms with Crippen LogP contribution in [-0.4, -0.2) is 145 Å². The van der Waals surface area contributed by atoms with E-state index >= 15 is 18.9 Å². The summed E-state index contributed by atoms with van der Waals surface area (Å²) in [6.07, 6.45) is 4.82. The molecule has 0 unspecified atom stereocenters. The molecule has 0 spiro atoms. The first-order valence-corrected chi connectivity index (χ1v) is 37.9. The molecule has 3 amide bonds. The van der Waals surface area contributed by atoms with E-state index in [0.717, 1.165) is 53.0 Å². The summed E-state index contributed by atoms with van der Waals surface area (Å²) in [4.78, 5) is 79.7. The minimum atomic E-state index is -5.20. The van der Waals surface area contributed by atoms with Crippen molar-refractivity contribution in [3.8, 4) is 17.2 Å². The van der Waals surface area contributed by atoms with Gasteiger partial charge in [0.15, 0.2) is 0 Å². The summed E-state index contributed by atoms with van der Waals surface area (Å²) < 4.78 is 71.7. The van der Waals surface area contributed by atoms with Gasteiger partial charge in [-0.15, -0.1) is 0 Å². The maximum Gasteiger partial charge on any atom is 0.476 e. The summed E-state index contributed by atoms with van der Waals surface area (Å²) in [6, 6.07) is 34.9. The average Bonchev–Trinajstić information content (AvgIpc) is 1.19. The molecular weight excluding hydrogens is 1340 g/mol. The van der Waals surface area contributed by atoms with E-state index in [1.807, 2.05) is 57.2 Å². The minimum absolute atomic E-state index is 0.0624. The summed E-state index contributed by atoms with van der Waals surface area (Å²) >= 11 is 0. The van der Waals surface area contributed by atoms with Crippen LogP contribution in [0.2, 0.25) is 0 Å². The highest BCUT2D eigenvalue weighted by atomic mass is 31.2. The Bertz CT molecular complexity index is 4150. The number of likely N-dealkylation sites (N-methyl/N-ethyl adjacent to an activating group) is 3. The van der Waals surface area contributed by atoms with Crippen molar-refractivity contribution in [1.29, 1.82) is 0 Å². The summed E-state index contributed by atoms with van der Waals surface area (Å²) in [5.41, 5.74) is 8.52. The normalized spacial score (nSPS) is 15.9. The molecule has 6 aromatic carbocycles. The highest BCUT2D eigenvalue weighted by Crippen LogP contribution is 2.51. The topological polar surface area (TPSA) is 274 Å². The van der Waals surface area contributed by atoms with Crippen LogP contribution in [0.15, 0.2) is 109 Å². The molecule has 26 heteroatoms. The van der Waals surface area contributed by atoms with Gasteiger partial charge in [-0.05, 0) is 111 Å². The second kappa shape index (κ2) is 34.4. The van der Waals surface area contributed by atoms with Crippen LogP contribution in [0.3, 0.4) is 0 Å². The maximum atomic E-state index is 15.9. The van der Waals surface area contributed by atoms with Gasteiger partial charge in [0.05, 0.1) is 73.3 Å². The molecule has 0 radical (unpaired) electrons. The smallest absolute Gasteiger partial charge is 0.476 e. The number of nitrogens with zero attached hydrogens (tertiary/aromatic N) is 9. The molecule has 3 aromatic heterocycles. The van der Waals surface area contributed by atoms with Crippen molar-refractivity contribution in [3.05, 3.63) is 143 Å². The van der Waals surface area contributed by atoms with Gasteiger partial charge in [0.25, 0.3) is 17.7 Å². The molecule has 548 valence electrons. The lowest BCUT2D eigenvalue weighted by molar-refractivity contribution is -0.123. The second-order valence-electron chi connectivity index (χ2n) is 25.6.